The number of likely N-dealkylation sites (N-methyl/N-ethyl adjacent to an activating group) is 1. The first-order chi connectivity index (χ1) is 19.5. The first kappa shape index (κ1) is 33.5. The molecule has 0 fully saturated rings. The maximum atomic E-state index is 14.2. The SMILES string of the molecule is CCCCc1cc2ccccc2c(OCC[N+](C)(C)[C@H](CC(C)(C)C(F)(F)F)c2c(Cl)cc(OC)c(C)c2C(N)=O)n1. The lowest BCUT2D eigenvalue weighted by molar-refractivity contribution is -0.922. The number of alkyl halides is 3. The molecule has 42 heavy (non-hydrogen) atoms. The minimum absolute atomic E-state index is 0.0404. The number of carbonyl (C=O) groups excluding carboxylic acids is 1. The second-order valence-corrected chi connectivity index (χ2v) is 12.4. The molecule has 3 rings (SSSR count). The topological polar surface area (TPSA) is 74.4 Å². The lowest BCUT2D eigenvalue weighted by Crippen LogP contribution is -2.49. The number of amides is 1. The number of halogens is 4. The maximum Gasteiger partial charge on any atom is 0.394 e. The quantitative estimate of drug-likeness (QED) is 0.201. The first-order valence-electron chi connectivity index (χ1n) is 14.1. The number of pyridine rings is 1. The molecular formula is C32H42ClF3N3O3+. The predicted octanol–water partition coefficient (Wildman–Crippen LogP) is 7.82. The molecule has 0 aliphatic heterocycles. The van der Waals surface area contributed by atoms with E-state index in [1.165, 1.54) is 13.2 Å². The van der Waals surface area contributed by atoms with E-state index in [0.29, 0.717) is 23.7 Å². The summed E-state index contributed by atoms with van der Waals surface area (Å²) in [7, 11) is 5.05. The van der Waals surface area contributed by atoms with Crippen LogP contribution in [0.2, 0.25) is 5.02 Å². The van der Waals surface area contributed by atoms with E-state index in [0.717, 1.165) is 49.6 Å². The Labute approximate surface area is 251 Å². The molecule has 10 heteroatoms. The van der Waals surface area contributed by atoms with Crippen LogP contribution in [0.15, 0.2) is 36.4 Å². The first-order valence-corrected chi connectivity index (χ1v) is 14.5. The van der Waals surface area contributed by atoms with Crippen molar-refractivity contribution in [3.05, 3.63) is 63.8 Å². The van der Waals surface area contributed by atoms with E-state index in [-0.39, 0.29) is 33.7 Å². The molecule has 1 aromatic heterocycles. The zero-order chi connectivity index (χ0) is 31.5. The molecule has 0 spiro atoms. The van der Waals surface area contributed by atoms with Gasteiger partial charge in [0, 0.05) is 28.6 Å². The fourth-order valence-electron chi connectivity index (χ4n) is 5.25. The minimum Gasteiger partial charge on any atom is -0.496 e. The van der Waals surface area contributed by atoms with Gasteiger partial charge in [-0.15, -0.1) is 0 Å². The second-order valence-electron chi connectivity index (χ2n) is 12.0. The molecule has 0 bridgehead atoms. The lowest BCUT2D eigenvalue weighted by Gasteiger charge is -2.43. The van der Waals surface area contributed by atoms with E-state index in [2.05, 4.69) is 13.0 Å². The molecule has 1 amide bonds. The normalized spacial score (nSPS) is 13.3. The Morgan fingerprint density at radius 1 is 1.17 bits per heavy atom. The van der Waals surface area contributed by atoms with Crippen LogP contribution in [0, 0.1) is 12.3 Å². The van der Waals surface area contributed by atoms with Crippen LogP contribution in [-0.2, 0) is 6.42 Å². The third kappa shape index (κ3) is 7.29. The average Bonchev–Trinajstić information content (AvgIpc) is 2.90. The number of carbonyl (C=O) groups is 1. The summed E-state index contributed by atoms with van der Waals surface area (Å²) in [5, 5.41) is 2.00. The van der Waals surface area contributed by atoms with Gasteiger partial charge < -0.3 is 19.7 Å². The Balaban J connectivity index is 2.04. The third-order valence-corrected chi connectivity index (χ3v) is 8.41. The zero-order valence-corrected chi connectivity index (χ0v) is 26.2. The molecule has 230 valence electrons. The number of nitrogens with two attached hydrogens (primary N) is 1. The van der Waals surface area contributed by atoms with Gasteiger partial charge in [-0.2, -0.15) is 13.2 Å². The Bertz CT molecular complexity index is 1420. The molecular weight excluding hydrogens is 567 g/mol. The molecule has 0 radical (unpaired) electrons. The van der Waals surface area contributed by atoms with E-state index in [4.69, 9.17) is 31.8 Å². The smallest absolute Gasteiger partial charge is 0.394 e. The fraction of sp³-hybridized carbons (Fsp3) is 0.500. The van der Waals surface area contributed by atoms with E-state index < -0.39 is 23.5 Å². The number of methoxy groups -OCH3 is 1. The van der Waals surface area contributed by atoms with Crippen molar-refractivity contribution < 1.29 is 31.9 Å². The summed E-state index contributed by atoms with van der Waals surface area (Å²) < 4.78 is 54.3. The van der Waals surface area contributed by atoms with Gasteiger partial charge in [0.2, 0.25) is 11.8 Å². The summed E-state index contributed by atoms with van der Waals surface area (Å²) in [6.45, 7) is 6.55. The number of rotatable bonds is 13. The van der Waals surface area contributed by atoms with Crippen LogP contribution in [0.5, 0.6) is 11.6 Å². The molecule has 2 aromatic carbocycles. The fourth-order valence-corrected chi connectivity index (χ4v) is 5.57. The predicted molar refractivity (Wildman–Crippen MR) is 161 cm³/mol. The number of ether oxygens (including phenoxy) is 2. The van der Waals surface area contributed by atoms with Crippen LogP contribution in [-0.4, -0.2) is 55.9 Å². The molecule has 3 aromatic rings. The van der Waals surface area contributed by atoms with Crippen LogP contribution < -0.4 is 15.2 Å². The van der Waals surface area contributed by atoms with E-state index in [9.17, 15) is 18.0 Å². The zero-order valence-electron chi connectivity index (χ0n) is 25.5. The number of aromatic nitrogens is 1. The van der Waals surface area contributed by atoms with Gasteiger partial charge in [0.05, 0.1) is 37.2 Å². The van der Waals surface area contributed by atoms with Crippen molar-refractivity contribution in [2.75, 3.05) is 34.4 Å². The van der Waals surface area contributed by atoms with Crippen molar-refractivity contribution in [3.63, 3.8) is 0 Å². The summed E-state index contributed by atoms with van der Waals surface area (Å²) in [6, 6.07) is 10.6. The molecule has 0 aliphatic carbocycles. The molecule has 0 saturated heterocycles. The molecule has 0 aliphatic rings. The van der Waals surface area contributed by atoms with E-state index >= 15 is 0 Å². The van der Waals surface area contributed by atoms with Crippen molar-refractivity contribution in [1.29, 1.82) is 0 Å². The Kier molecular flexibility index (Phi) is 10.4. The van der Waals surface area contributed by atoms with Crippen LogP contribution >= 0.6 is 11.6 Å². The number of primary amides is 1. The van der Waals surface area contributed by atoms with Crippen molar-refractivity contribution in [3.8, 4) is 11.6 Å². The number of unbranched alkanes of at least 4 members (excludes halogenated alkanes) is 1. The van der Waals surface area contributed by atoms with Crippen molar-refractivity contribution in [2.45, 2.75) is 65.6 Å². The standard InChI is InChI=1S/C32H41ClF3N3O3/c1-8-9-13-22-17-21-12-10-11-14-23(21)30(38-22)42-16-15-39(5,6)25(19-31(3,4)32(34,35)36)28-24(33)18-26(41-7)20(2)27(28)29(37)40/h10-12,14,17-18,25H,8-9,13,15-16,19H2,1-7H3,(H-,37,40)/p+1/t25-/m1/s1. The van der Waals surface area contributed by atoms with Crippen molar-refractivity contribution in [1.82, 2.24) is 4.98 Å². The van der Waals surface area contributed by atoms with Crippen LogP contribution in [0.1, 0.15) is 73.3 Å². The van der Waals surface area contributed by atoms with Gasteiger partial charge in [-0.1, -0.05) is 57.0 Å². The number of benzene rings is 2. The number of quaternary nitrogens is 1. The summed E-state index contributed by atoms with van der Waals surface area (Å²) in [5.74, 6) is 0.0392. The van der Waals surface area contributed by atoms with Crippen LogP contribution in [0.25, 0.3) is 10.8 Å². The highest BCUT2D eigenvalue weighted by atomic mass is 35.5. The highest BCUT2D eigenvalue weighted by Gasteiger charge is 2.52. The monoisotopic (exact) mass is 608 g/mol. The third-order valence-electron chi connectivity index (χ3n) is 8.09. The molecule has 2 N–H and O–H groups in total. The van der Waals surface area contributed by atoms with Gasteiger partial charge in [0.25, 0.3) is 0 Å². The number of hydrogen-bond acceptors (Lipinski definition) is 4. The summed E-state index contributed by atoms with van der Waals surface area (Å²) in [6.07, 6.45) is -1.99. The molecule has 1 heterocycles. The summed E-state index contributed by atoms with van der Waals surface area (Å²) in [4.78, 5) is 17.5. The largest absolute Gasteiger partial charge is 0.496 e. The number of fused-ring (bicyclic) bond motifs is 1. The lowest BCUT2D eigenvalue weighted by atomic mass is 9.79. The maximum absolute atomic E-state index is 14.2. The van der Waals surface area contributed by atoms with E-state index in [1.54, 1.807) is 6.92 Å². The molecule has 0 saturated carbocycles. The van der Waals surface area contributed by atoms with Crippen LogP contribution in [0.4, 0.5) is 13.2 Å². The number of aryl methyl sites for hydroxylation is 1. The summed E-state index contributed by atoms with van der Waals surface area (Å²) in [5.41, 5.74) is 5.41. The number of nitrogens with zero attached hydrogens (tertiary/aromatic N) is 2. The molecule has 1 atom stereocenters. The highest BCUT2D eigenvalue weighted by molar-refractivity contribution is 6.32. The van der Waals surface area contributed by atoms with Gasteiger partial charge in [-0.05, 0) is 43.4 Å². The second kappa shape index (κ2) is 13.1. The van der Waals surface area contributed by atoms with Gasteiger partial charge >= 0.3 is 6.18 Å². The molecule has 0 unspecified atom stereocenters. The Hall–Kier alpha value is -3.04. The van der Waals surface area contributed by atoms with Gasteiger partial charge in [0.1, 0.15) is 24.9 Å². The molecule has 6 nitrogen and oxygen atoms in total. The van der Waals surface area contributed by atoms with Crippen molar-refractivity contribution in [2.24, 2.45) is 11.1 Å². The Morgan fingerprint density at radius 2 is 1.83 bits per heavy atom. The minimum atomic E-state index is -4.50. The van der Waals surface area contributed by atoms with Crippen molar-refractivity contribution >= 4 is 28.3 Å². The number of hydrogen-bond donors (Lipinski definition) is 1. The highest BCUT2D eigenvalue weighted by Crippen LogP contribution is 2.49. The Morgan fingerprint density at radius 3 is 2.43 bits per heavy atom. The van der Waals surface area contributed by atoms with Gasteiger partial charge in [-0.25, -0.2) is 4.98 Å². The van der Waals surface area contributed by atoms with E-state index in [1.807, 2.05) is 38.4 Å². The van der Waals surface area contributed by atoms with Gasteiger partial charge in [-0.3, -0.25) is 4.79 Å². The van der Waals surface area contributed by atoms with Gasteiger partial charge in [0.15, 0.2) is 0 Å². The average molecular weight is 609 g/mol. The van der Waals surface area contributed by atoms with Crippen LogP contribution in [0.3, 0.4) is 0 Å². The summed E-state index contributed by atoms with van der Waals surface area (Å²) >= 11 is 6.71.